The summed E-state index contributed by atoms with van der Waals surface area (Å²) in [6, 6.07) is 2.37. The van der Waals surface area contributed by atoms with Crippen molar-refractivity contribution in [3.8, 4) is 0 Å². The van der Waals surface area contributed by atoms with Crippen LogP contribution in [0.3, 0.4) is 0 Å². The minimum absolute atomic E-state index is 0.340. The van der Waals surface area contributed by atoms with Crippen LogP contribution in [0.5, 0.6) is 0 Å². The average Bonchev–Trinajstić information content (AvgIpc) is 2.76. The monoisotopic (exact) mass is 301 g/mol. The van der Waals surface area contributed by atoms with Crippen LogP contribution in [0.25, 0.3) is 0 Å². The second kappa shape index (κ2) is 5.90. The van der Waals surface area contributed by atoms with Gasteiger partial charge in [0, 0.05) is 18.3 Å². The quantitative estimate of drug-likeness (QED) is 0.927. The molecule has 7 heteroatoms. The van der Waals surface area contributed by atoms with Gasteiger partial charge in [0.25, 0.3) is 0 Å². The van der Waals surface area contributed by atoms with Gasteiger partial charge in [-0.1, -0.05) is 0 Å². The highest BCUT2D eigenvalue weighted by Gasteiger charge is 2.25. The minimum atomic E-state index is 0.340. The number of aryl methyl sites for hydroxylation is 3. The molecule has 0 saturated carbocycles. The van der Waals surface area contributed by atoms with E-state index in [0.29, 0.717) is 12.0 Å². The van der Waals surface area contributed by atoms with Crippen LogP contribution in [-0.4, -0.2) is 37.3 Å². The van der Waals surface area contributed by atoms with Crippen molar-refractivity contribution < 1.29 is 0 Å². The van der Waals surface area contributed by atoms with Gasteiger partial charge in [-0.15, -0.1) is 0 Å². The van der Waals surface area contributed by atoms with E-state index in [4.69, 9.17) is 5.73 Å². The molecule has 1 aliphatic heterocycles. The van der Waals surface area contributed by atoms with Crippen molar-refractivity contribution in [2.24, 2.45) is 0 Å². The number of nitrogen functional groups attached to an aromatic ring is 1. The van der Waals surface area contributed by atoms with E-state index in [1.807, 2.05) is 31.5 Å². The third-order valence-corrected chi connectivity index (χ3v) is 4.13. The van der Waals surface area contributed by atoms with Gasteiger partial charge in [0.05, 0.1) is 12.6 Å². The fourth-order valence-corrected chi connectivity index (χ4v) is 3.15. The Labute approximate surface area is 130 Å². The van der Waals surface area contributed by atoms with Gasteiger partial charge in [-0.2, -0.15) is 10.1 Å². The Kier molecular flexibility index (Phi) is 3.96. The molecule has 2 aromatic rings. The van der Waals surface area contributed by atoms with Gasteiger partial charge in [0.2, 0.25) is 5.95 Å². The number of rotatable bonds is 3. The van der Waals surface area contributed by atoms with E-state index < -0.39 is 0 Å². The maximum Gasteiger partial charge on any atom is 0.222 e. The van der Waals surface area contributed by atoms with Gasteiger partial charge >= 0.3 is 0 Å². The third-order valence-electron chi connectivity index (χ3n) is 4.13. The van der Waals surface area contributed by atoms with Crippen LogP contribution >= 0.6 is 0 Å². The number of nitrogens with zero attached hydrogens (tertiary/aromatic N) is 6. The molecule has 1 fully saturated rings. The van der Waals surface area contributed by atoms with E-state index in [0.717, 1.165) is 42.7 Å². The molecule has 0 aliphatic carbocycles. The Morgan fingerprint density at radius 1 is 1.18 bits per heavy atom. The maximum absolute atomic E-state index is 5.82. The van der Waals surface area contributed by atoms with Gasteiger partial charge < -0.3 is 10.6 Å². The molecule has 118 valence electrons. The van der Waals surface area contributed by atoms with E-state index in [2.05, 4.69) is 25.0 Å². The Bertz CT molecular complexity index is 644. The largest absolute Gasteiger partial charge is 0.368 e. The highest BCUT2D eigenvalue weighted by molar-refractivity contribution is 5.44. The third kappa shape index (κ3) is 3.03. The summed E-state index contributed by atoms with van der Waals surface area (Å²) < 4.78 is 2.00. The highest BCUT2D eigenvalue weighted by atomic mass is 15.4. The van der Waals surface area contributed by atoms with Crippen LogP contribution in [0, 0.1) is 20.8 Å². The lowest BCUT2D eigenvalue weighted by molar-refractivity contribution is 0.392. The molecule has 0 spiro atoms. The first-order chi connectivity index (χ1) is 10.5. The molecule has 0 unspecified atom stereocenters. The fourth-order valence-electron chi connectivity index (χ4n) is 3.15. The lowest BCUT2D eigenvalue weighted by Gasteiger charge is -2.36. The molecule has 3 rings (SSSR count). The normalized spacial score (nSPS) is 18.7. The van der Waals surface area contributed by atoms with Crippen molar-refractivity contribution in [3.05, 3.63) is 23.4 Å². The second-order valence-corrected chi connectivity index (χ2v) is 5.96. The molecule has 2 aromatic heterocycles. The van der Waals surface area contributed by atoms with Crippen LogP contribution in [0.2, 0.25) is 0 Å². The van der Waals surface area contributed by atoms with Crippen LogP contribution in [0.1, 0.15) is 36.6 Å². The summed E-state index contributed by atoms with van der Waals surface area (Å²) in [6.45, 7) is 7.70. The van der Waals surface area contributed by atoms with Crippen molar-refractivity contribution in [2.45, 2.75) is 52.6 Å². The molecular weight excluding hydrogens is 278 g/mol. The molecule has 2 N–H and O–H groups in total. The zero-order valence-electron chi connectivity index (χ0n) is 13.5. The van der Waals surface area contributed by atoms with E-state index in [-0.39, 0.29) is 0 Å². The van der Waals surface area contributed by atoms with Crippen LogP contribution in [0.4, 0.5) is 11.8 Å². The highest BCUT2D eigenvalue weighted by Crippen LogP contribution is 2.25. The Morgan fingerprint density at radius 2 is 2.00 bits per heavy atom. The predicted molar refractivity (Wildman–Crippen MR) is 85.7 cm³/mol. The Balaban J connectivity index is 1.86. The standard InChI is InChI=1S/C15H23N7/c1-10-8-14(19-15(16)17-10)21-7-5-4-6-13(21)9-22-12(3)18-11(2)20-22/h8,13H,4-7,9H2,1-3H3,(H2,16,17,19)/t13-/m0/s1. The van der Waals surface area contributed by atoms with Crippen LogP contribution < -0.4 is 10.6 Å². The zero-order chi connectivity index (χ0) is 15.7. The van der Waals surface area contributed by atoms with Gasteiger partial charge in [-0.05, 0) is 40.0 Å². The minimum Gasteiger partial charge on any atom is -0.368 e. The van der Waals surface area contributed by atoms with Crippen molar-refractivity contribution in [1.29, 1.82) is 0 Å². The Hall–Kier alpha value is -2.18. The fraction of sp³-hybridized carbons (Fsp3) is 0.600. The average molecular weight is 301 g/mol. The molecule has 0 bridgehead atoms. The molecule has 7 nitrogen and oxygen atoms in total. The summed E-state index contributed by atoms with van der Waals surface area (Å²) in [5.41, 5.74) is 6.72. The zero-order valence-corrected chi connectivity index (χ0v) is 13.5. The number of aromatic nitrogens is 5. The van der Waals surface area contributed by atoms with Gasteiger partial charge in [0.1, 0.15) is 17.5 Å². The molecule has 1 saturated heterocycles. The smallest absolute Gasteiger partial charge is 0.222 e. The molecule has 1 aliphatic rings. The molecule has 1 atom stereocenters. The second-order valence-electron chi connectivity index (χ2n) is 5.96. The summed E-state index contributed by atoms with van der Waals surface area (Å²) in [4.78, 5) is 15.3. The molecule has 0 aromatic carbocycles. The topological polar surface area (TPSA) is 85.8 Å². The lowest BCUT2D eigenvalue weighted by Crippen LogP contribution is -2.43. The van der Waals surface area contributed by atoms with Gasteiger partial charge in [-0.25, -0.2) is 14.6 Å². The summed E-state index contributed by atoms with van der Waals surface area (Å²) >= 11 is 0. The molecule has 0 radical (unpaired) electrons. The van der Waals surface area contributed by atoms with Gasteiger partial charge in [-0.3, -0.25) is 0 Å². The first-order valence-electron chi connectivity index (χ1n) is 7.79. The van der Waals surface area contributed by atoms with Crippen molar-refractivity contribution in [1.82, 2.24) is 24.7 Å². The molecule has 3 heterocycles. The van der Waals surface area contributed by atoms with E-state index in [1.165, 1.54) is 12.8 Å². The Morgan fingerprint density at radius 3 is 2.68 bits per heavy atom. The van der Waals surface area contributed by atoms with E-state index >= 15 is 0 Å². The number of nitrogens with two attached hydrogens (primary N) is 1. The number of hydrogen-bond acceptors (Lipinski definition) is 6. The van der Waals surface area contributed by atoms with E-state index in [9.17, 15) is 0 Å². The van der Waals surface area contributed by atoms with Crippen LogP contribution in [-0.2, 0) is 6.54 Å². The number of hydrogen-bond donors (Lipinski definition) is 1. The first-order valence-corrected chi connectivity index (χ1v) is 7.79. The number of piperidine rings is 1. The summed E-state index contributed by atoms with van der Waals surface area (Å²) in [5, 5.41) is 4.49. The predicted octanol–water partition coefficient (Wildman–Crippen LogP) is 1.63. The van der Waals surface area contributed by atoms with Crippen molar-refractivity contribution in [3.63, 3.8) is 0 Å². The lowest BCUT2D eigenvalue weighted by atomic mass is 10.0. The summed E-state index contributed by atoms with van der Waals surface area (Å²) in [5.74, 6) is 3.04. The van der Waals surface area contributed by atoms with E-state index in [1.54, 1.807) is 0 Å². The van der Waals surface area contributed by atoms with Crippen molar-refractivity contribution in [2.75, 3.05) is 17.2 Å². The van der Waals surface area contributed by atoms with Gasteiger partial charge in [0.15, 0.2) is 0 Å². The maximum atomic E-state index is 5.82. The first kappa shape index (κ1) is 14.7. The summed E-state index contributed by atoms with van der Waals surface area (Å²) in [6.07, 6.45) is 3.53. The van der Waals surface area contributed by atoms with Crippen molar-refractivity contribution >= 4 is 11.8 Å². The molecule has 0 amide bonds. The number of anilines is 2. The van der Waals surface area contributed by atoms with Crippen LogP contribution in [0.15, 0.2) is 6.07 Å². The SMILES string of the molecule is Cc1cc(N2CCCC[C@H]2Cn2nc(C)nc2C)nc(N)n1. The molecule has 22 heavy (non-hydrogen) atoms. The summed E-state index contributed by atoms with van der Waals surface area (Å²) in [7, 11) is 0. The molecular formula is C15H23N7.